The summed E-state index contributed by atoms with van der Waals surface area (Å²) in [5.74, 6) is 2.43. The molecular formula is C25H22N4O3S. The largest absolute Gasteiger partial charge is 0.454 e. The van der Waals surface area contributed by atoms with Crippen molar-refractivity contribution in [3.05, 3.63) is 90.0 Å². The van der Waals surface area contributed by atoms with Crippen LogP contribution < -0.4 is 14.8 Å². The molecule has 4 aromatic rings. The van der Waals surface area contributed by atoms with E-state index in [4.69, 9.17) is 9.47 Å². The number of benzene rings is 3. The topological polar surface area (TPSA) is 78.3 Å². The number of ether oxygens (including phenoxy) is 2. The Morgan fingerprint density at radius 2 is 1.67 bits per heavy atom. The van der Waals surface area contributed by atoms with E-state index < -0.39 is 0 Å². The van der Waals surface area contributed by atoms with Gasteiger partial charge in [-0.05, 0) is 23.3 Å². The average molecular weight is 459 g/mol. The van der Waals surface area contributed by atoms with Gasteiger partial charge in [0.05, 0.1) is 12.3 Å². The van der Waals surface area contributed by atoms with E-state index in [1.54, 1.807) is 0 Å². The van der Waals surface area contributed by atoms with Gasteiger partial charge in [-0.2, -0.15) is 0 Å². The molecule has 33 heavy (non-hydrogen) atoms. The molecule has 0 saturated carbocycles. The molecule has 0 atom stereocenters. The molecule has 8 heteroatoms. The molecule has 0 bridgehead atoms. The number of hydrogen-bond acceptors (Lipinski definition) is 6. The Kier molecular flexibility index (Phi) is 6.25. The van der Waals surface area contributed by atoms with Gasteiger partial charge >= 0.3 is 0 Å². The molecule has 1 aliphatic rings. The lowest BCUT2D eigenvalue weighted by Crippen LogP contribution is -2.24. The van der Waals surface area contributed by atoms with E-state index in [0.717, 1.165) is 34.0 Å². The van der Waals surface area contributed by atoms with Crippen LogP contribution in [0.5, 0.6) is 11.5 Å². The van der Waals surface area contributed by atoms with Gasteiger partial charge in [-0.3, -0.25) is 9.36 Å². The summed E-state index contributed by atoms with van der Waals surface area (Å²) in [7, 11) is 0. The van der Waals surface area contributed by atoms with Crippen LogP contribution in [0.3, 0.4) is 0 Å². The maximum atomic E-state index is 12.4. The lowest BCUT2D eigenvalue weighted by molar-refractivity contribution is -0.118. The highest BCUT2D eigenvalue weighted by molar-refractivity contribution is 7.99. The molecule has 5 rings (SSSR count). The number of aromatic nitrogens is 3. The summed E-state index contributed by atoms with van der Waals surface area (Å²) in [6.07, 6.45) is 0. The van der Waals surface area contributed by atoms with Gasteiger partial charge in [-0.25, -0.2) is 0 Å². The molecule has 7 nitrogen and oxygen atoms in total. The van der Waals surface area contributed by atoms with Gasteiger partial charge in [0.25, 0.3) is 0 Å². The van der Waals surface area contributed by atoms with Crippen molar-refractivity contribution in [3.8, 4) is 22.9 Å². The van der Waals surface area contributed by atoms with Crippen LogP contribution >= 0.6 is 11.8 Å². The predicted molar refractivity (Wildman–Crippen MR) is 126 cm³/mol. The maximum absolute atomic E-state index is 12.4. The predicted octanol–water partition coefficient (Wildman–Crippen LogP) is 4.13. The summed E-state index contributed by atoms with van der Waals surface area (Å²) in [6, 6.07) is 25.6. The standard InChI is InChI=1S/C25H22N4O3S/c30-23(26-14-18-7-3-1-4-8-18)16-33-25-28-27-24(20-9-5-2-6-10-20)29(25)15-19-11-12-21-22(13-19)32-17-31-21/h1-13H,14-17H2,(H,26,30). The summed E-state index contributed by atoms with van der Waals surface area (Å²) in [6.45, 7) is 1.28. The van der Waals surface area contributed by atoms with E-state index in [1.807, 2.05) is 83.4 Å². The Hall–Kier alpha value is -3.78. The zero-order valence-corrected chi connectivity index (χ0v) is 18.6. The third-order valence-electron chi connectivity index (χ3n) is 5.19. The van der Waals surface area contributed by atoms with Crippen LogP contribution in [0.15, 0.2) is 84.0 Å². The second-order valence-corrected chi connectivity index (χ2v) is 8.44. The summed E-state index contributed by atoms with van der Waals surface area (Å²) in [4.78, 5) is 12.4. The molecule has 166 valence electrons. The van der Waals surface area contributed by atoms with Crippen LogP contribution in [0, 0.1) is 0 Å². The lowest BCUT2D eigenvalue weighted by atomic mass is 10.2. The molecule has 0 spiro atoms. The molecule has 1 aromatic heterocycles. The number of amides is 1. The number of hydrogen-bond donors (Lipinski definition) is 1. The first-order valence-corrected chi connectivity index (χ1v) is 11.6. The Bertz CT molecular complexity index is 1250. The number of nitrogens with one attached hydrogen (secondary N) is 1. The fourth-order valence-corrected chi connectivity index (χ4v) is 4.31. The Morgan fingerprint density at radius 1 is 0.909 bits per heavy atom. The first-order valence-electron chi connectivity index (χ1n) is 10.6. The molecule has 3 aromatic carbocycles. The molecule has 0 aliphatic carbocycles. The number of carbonyl (C=O) groups is 1. The zero-order chi connectivity index (χ0) is 22.5. The fraction of sp³-hybridized carbons (Fsp3) is 0.160. The fourth-order valence-electron chi connectivity index (χ4n) is 3.54. The number of fused-ring (bicyclic) bond motifs is 1. The summed E-state index contributed by atoms with van der Waals surface area (Å²) in [5, 5.41) is 12.5. The first kappa shape index (κ1) is 21.1. The van der Waals surface area contributed by atoms with Crippen molar-refractivity contribution in [3.63, 3.8) is 0 Å². The van der Waals surface area contributed by atoms with E-state index in [2.05, 4.69) is 15.5 Å². The van der Waals surface area contributed by atoms with Gasteiger partial charge in [-0.15, -0.1) is 10.2 Å². The Morgan fingerprint density at radius 3 is 2.48 bits per heavy atom. The van der Waals surface area contributed by atoms with E-state index in [1.165, 1.54) is 11.8 Å². The van der Waals surface area contributed by atoms with Gasteiger partial charge in [0.15, 0.2) is 22.5 Å². The van der Waals surface area contributed by atoms with Gasteiger partial charge < -0.3 is 14.8 Å². The van der Waals surface area contributed by atoms with Gasteiger partial charge in [0, 0.05) is 12.1 Å². The molecule has 1 N–H and O–H groups in total. The Labute approximate surface area is 195 Å². The van der Waals surface area contributed by atoms with Crippen LogP contribution in [0.25, 0.3) is 11.4 Å². The lowest BCUT2D eigenvalue weighted by Gasteiger charge is -2.11. The Balaban J connectivity index is 1.33. The summed E-state index contributed by atoms with van der Waals surface area (Å²) >= 11 is 1.37. The smallest absolute Gasteiger partial charge is 0.231 e. The molecule has 0 unspecified atom stereocenters. The molecular weight excluding hydrogens is 436 g/mol. The quantitative estimate of drug-likeness (QED) is 0.400. The van der Waals surface area contributed by atoms with E-state index in [9.17, 15) is 4.79 Å². The molecule has 0 saturated heterocycles. The molecule has 0 radical (unpaired) electrons. The average Bonchev–Trinajstić information content (AvgIpc) is 3.49. The van der Waals surface area contributed by atoms with Crippen molar-refractivity contribution in [1.82, 2.24) is 20.1 Å². The number of nitrogens with zero attached hydrogens (tertiary/aromatic N) is 3. The van der Waals surface area contributed by atoms with Crippen molar-refractivity contribution in [1.29, 1.82) is 0 Å². The van der Waals surface area contributed by atoms with Crippen LogP contribution in [0.1, 0.15) is 11.1 Å². The van der Waals surface area contributed by atoms with E-state index in [0.29, 0.717) is 18.2 Å². The van der Waals surface area contributed by atoms with Crippen LogP contribution in [0.2, 0.25) is 0 Å². The number of carbonyl (C=O) groups excluding carboxylic acids is 1. The zero-order valence-electron chi connectivity index (χ0n) is 17.8. The second kappa shape index (κ2) is 9.79. The highest BCUT2D eigenvalue weighted by Crippen LogP contribution is 2.33. The minimum atomic E-state index is -0.0530. The van der Waals surface area contributed by atoms with Gasteiger partial charge in [-0.1, -0.05) is 78.5 Å². The van der Waals surface area contributed by atoms with Crippen molar-refractivity contribution in [2.24, 2.45) is 0 Å². The molecule has 2 heterocycles. The minimum absolute atomic E-state index is 0.0530. The van der Waals surface area contributed by atoms with Crippen LogP contribution in [-0.2, 0) is 17.9 Å². The van der Waals surface area contributed by atoms with Crippen molar-refractivity contribution >= 4 is 17.7 Å². The highest BCUT2D eigenvalue weighted by Gasteiger charge is 2.18. The summed E-state index contributed by atoms with van der Waals surface area (Å²) in [5.41, 5.74) is 3.06. The normalized spacial score (nSPS) is 12.0. The van der Waals surface area contributed by atoms with Crippen molar-refractivity contribution < 1.29 is 14.3 Å². The number of rotatable bonds is 8. The first-order chi connectivity index (χ1) is 16.3. The highest BCUT2D eigenvalue weighted by atomic mass is 32.2. The van der Waals surface area contributed by atoms with Crippen LogP contribution in [-0.4, -0.2) is 33.2 Å². The van der Waals surface area contributed by atoms with Gasteiger partial charge in [0.2, 0.25) is 12.7 Å². The molecule has 1 aliphatic heterocycles. The SMILES string of the molecule is O=C(CSc1nnc(-c2ccccc2)n1Cc1ccc2c(c1)OCO2)NCc1ccccc1. The third kappa shape index (κ3) is 5.01. The second-order valence-electron chi connectivity index (χ2n) is 7.50. The van der Waals surface area contributed by atoms with Crippen LogP contribution in [0.4, 0.5) is 0 Å². The van der Waals surface area contributed by atoms with Crippen molar-refractivity contribution in [2.45, 2.75) is 18.2 Å². The molecule has 1 amide bonds. The summed E-state index contributed by atoms with van der Waals surface area (Å²) < 4.78 is 13.0. The third-order valence-corrected chi connectivity index (χ3v) is 6.16. The van der Waals surface area contributed by atoms with E-state index >= 15 is 0 Å². The van der Waals surface area contributed by atoms with Gasteiger partial charge in [0.1, 0.15) is 0 Å². The van der Waals surface area contributed by atoms with E-state index in [-0.39, 0.29) is 18.5 Å². The van der Waals surface area contributed by atoms with Crippen molar-refractivity contribution in [2.75, 3.05) is 12.5 Å². The monoisotopic (exact) mass is 458 g/mol. The minimum Gasteiger partial charge on any atom is -0.454 e. The maximum Gasteiger partial charge on any atom is 0.231 e. The molecule has 0 fully saturated rings. The number of thioether (sulfide) groups is 1.